The molecule has 0 amide bonds. The summed E-state index contributed by atoms with van der Waals surface area (Å²) in [5.74, 6) is -0.124. The molecule has 1 aliphatic rings. The first-order valence-electron chi connectivity index (χ1n) is 6.40. The highest BCUT2D eigenvalue weighted by atomic mass is 19.1. The number of hydrogen-bond acceptors (Lipinski definition) is 3. The second-order valence-electron chi connectivity index (χ2n) is 4.89. The van der Waals surface area contributed by atoms with Crippen molar-refractivity contribution in [1.82, 2.24) is 10.2 Å². The van der Waals surface area contributed by atoms with Crippen LogP contribution in [-0.2, 0) is 17.8 Å². The number of benzene rings is 1. The lowest BCUT2D eigenvalue weighted by Crippen LogP contribution is -2.31. The van der Waals surface area contributed by atoms with Crippen LogP contribution in [0.25, 0.3) is 0 Å². The quantitative estimate of drug-likeness (QED) is 0.864. The molecule has 2 rings (SSSR count). The number of likely N-dealkylation sites (N-methyl/N-ethyl adjacent to an activating group) is 1. The number of nitrogens with zero attached hydrogens (tertiary/aromatic N) is 1. The highest BCUT2D eigenvalue weighted by Gasteiger charge is 2.21. The summed E-state index contributed by atoms with van der Waals surface area (Å²) in [7, 11) is 3.93. The summed E-state index contributed by atoms with van der Waals surface area (Å²) >= 11 is 0. The van der Waals surface area contributed by atoms with E-state index in [9.17, 15) is 4.39 Å². The second kappa shape index (κ2) is 6.27. The molecule has 0 aromatic heterocycles. The van der Waals surface area contributed by atoms with Crippen molar-refractivity contribution in [2.45, 2.75) is 25.6 Å². The Kier molecular flexibility index (Phi) is 4.69. The normalized spacial score (nSPS) is 19.7. The van der Waals surface area contributed by atoms with Gasteiger partial charge in [-0.2, -0.15) is 0 Å². The Morgan fingerprint density at radius 1 is 1.50 bits per heavy atom. The molecule has 4 heteroatoms. The number of nitrogens with one attached hydrogen (secondary N) is 1. The van der Waals surface area contributed by atoms with E-state index in [1.165, 1.54) is 0 Å². The van der Waals surface area contributed by atoms with Gasteiger partial charge in [0.25, 0.3) is 0 Å². The molecule has 100 valence electrons. The Bertz CT molecular complexity index is 391. The fourth-order valence-corrected chi connectivity index (χ4v) is 2.33. The maximum atomic E-state index is 13.8. The lowest BCUT2D eigenvalue weighted by Gasteiger charge is -2.23. The molecule has 1 saturated heterocycles. The van der Waals surface area contributed by atoms with Crippen LogP contribution >= 0.6 is 0 Å². The second-order valence-corrected chi connectivity index (χ2v) is 4.89. The molecule has 1 fully saturated rings. The highest BCUT2D eigenvalue weighted by Crippen LogP contribution is 2.17. The highest BCUT2D eigenvalue weighted by molar-refractivity contribution is 5.25. The van der Waals surface area contributed by atoms with Gasteiger partial charge in [0.05, 0.1) is 6.61 Å². The average Bonchev–Trinajstić information content (AvgIpc) is 2.87. The topological polar surface area (TPSA) is 24.5 Å². The Balaban J connectivity index is 2.04. The third-order valence-electron chi connectivity index (χ3n) is 3.44. The van der Waals surface area contributed by atoms with Crippen LogP contribution in [0, 0.1) is 5.82 Å². The molecule has 1 aliphatic heterocycles. The van der Waals surface area contributed by atoms with Gasteiger partial charge < -0.3 is 10.1 Å². The largest absolute Gasteiger partial charge is 0.380 e. The van der Waals surface area contributed by atoms with Gasteiger partial charge in [0.15, 0.2) is 0 Å². The Hall–Kier alpha value is -0.970. The van der Waals surface area contributed by atoms with E-state index < -0.39 is 0 Å². The van der Waals surface area contributed by atoms with E-state index in [2.05, 4.69) is 10.2 Å². The summed E-state index contributed by atoms with van der Waals surface area (Å²) in [5.41, 5.74) is 1.88. The molecule has 1 atom stereocenters. The first kappa shape index (κ1) is 13.5. The Morgan fingerprint density at radius 3 is 3.00 bits per heavy atom. The molecule has 1 N–H and O–H groups in total. The zero-order chi connectivity index (χ0) is 13.0. The fourth-order valence-electron chi connectivity index (χ4n) is 2.33. The summed E-state index contributed by atoms with van der Waals surface area (Å²) in [6.45, 7) is 2.98. The molecular weight excluding hydrogens is 231 g/mol. The van der Waals surface area contributed by atoms with E-state index in [0.29, 0.717) is 12.6 Å². The minimum Gasteiger partial charge on any atom is -0.380 e. The van der Waals surface area contributed by atoms with Gasteiger partial charge in [0.2, 0.25) is 0 Å². The fraction of sp³-hybridized carbons (Fsp3) is 0.571. The van der Waals surface area contributed by atoms with Crippen molar-refractivity contribution in [1.29, 1.82) is 0 Å². The van der Waals surface area contributed by atoms with Crippen molar-refractivity contribution >= 4 is 0 Å². The minimum absolute atomic E-state index is 0.124. The first-order chi connectivity index (χ1) is 8.70. The monoisotopic (exact) mass is 252 g/mol. The van der Waals surface area contributed by atoms with Gasteiger partial charge in [-0.15, -0.1) is 0 Å². The van der Waals surface area contributed by atoms with Gasteiger partial charge >= 0.3 is 0 Å². The summed E-state index contributed by atoms with van der Waals surface area (Å²) in [6, 6.07) is 5.74. The number of ether oxygens (including phenoxy) is 1. The van der Waals surface area contributed by atoms with Gasteiger partial charge in [-0.05, 0) is 32.1 Å². The Morgan fingerprint density at radius 2 is 2.33 bits per heavy atom. The summed E-state index contributed by atoms with van der Waals surface area (Å²) in [6.07, 6.45) is 1.04. The molecule has 0 aliphatic carbocycles. The van der Waals surface area contributed by atoms with Gasteiger partial charge in [-0.25, -0.2) is 4.39 Å². The third kappa shape index (κ3) is 3.28. The van der Waals surface area contributed by atoms with Crippen molar-refractivity contribution in [2.24, 2.45) is 0 Å². The molecule has 1 unspecified atom stereocenters. The van der Waals surface area contributed by atoms with Crippen molar-refractivity contribution in [3.63, 3.8) is 0 Å². The van der Waals surface area contributed by atoms with E-state index in [4.69, 9.17) is 4.74 Å². The van der Waals surface area contributed by atoms with Crippen LogP contribution in [0.3, 0.4) is 0 Å². The molecule has 1 aromatic carbocycles. The molecule has 1 aromatic rings. The van der Waals surface area contributed by atoms with Crippen molar-refractivity contribution in [3.05, 3.63) is 35.1 Å². The molecule has 1 heterocycles. The van der Waals surface area contributed by atoms with E-state index in [1.807, 2.05) is 26.2 Å². The number of halogens is 1. The maximum absolute atomic E-state index is 13.8. The van der Waals surface area contributed by atoms with Gasteiger partial charge in [-0.3, -0.25) is 4.90 Å². The van der Waals surface area contributed by atoms with E-state index in [1.54, 1.807) is 6.07 Å². The van der Waals surface area contributed by atoms with Crippen molar-refractivity contribution < 1.29 is 9.13 Å². The maximum Gasteiger partial charge on any atom is 0.127 e. The van der Waals surface area contributed by atoms with Crippen LogP contribution in [-0.4, -0.2) is 38.3 Å². The summed E-state index contributed by atoms with van der Waals surface area (Å²) < 4.78 is 19.1. The molecular formula is C14H21FN2O. The van der Waals surface area contributed by atoms with Crippen LogP contribution in [0.1, 0.15) is 17.5 Å². The lowest BCUT2D eigenvalue weighted by molar-refractivity contribution is 0.155. The van der Waals surface area contributed by atoms with Crippen LogP contribution in [0.5, 0.6) is 0 Å². The molecule has 0 bridgehead atoms. The van der Waals surface area contributed by atoms with E-state index in [0.717, 1.165) is 37.3 Å². The van der Waals surface area contributed by atoms with Gasteiger partial charge in [0.1, 0.15) is 5.82 Å². The Labute approximate surface area is 108 Å². The number of rotatable bonds is 5. The van der Waals surface area contributed by atoms with Crippen LogP contribution in [0.4, 0.5) is 4.39 Å². The lowest BCUT2D eigenvalue weighted by atomic mass is 10.1. The summed E-state index contributed by atoms with van der Waals surface area (Å²) in [4.78, 5) is 2.18. The third-order valence-corrected chi connectivity index (χ3v) is 3.44. The predicted octanol–water partition coefficient (Wildman–Crippen LogP) is 1.77. The molecule has 3 nitrogen and oxygen atoms in total. The smallest absolute Gasteiger partial charge is 0.127 e. The predicted molar refractivity (Wildman–Crippen MR) is 69.9 cm³/mol. The molecule has 0 spiro atoms. The molecule has 0 radical (unpaired) electrons. The van der Waals surface area contributed by atoms with Crippen LogP contribution in [0.15, 0.2) is 18.2 Å². The molecule has 18 heavy (non-hydrogen) atoms. The van der Waals surface area contributed by atoms with Gasteiger partial charge in [-0.1, -0.05) is 12.1 Å². The van der Waals surface area contributed by atoms with Crippen molar-refractivity contribution in [2.75, 3.05) is 27.3 Å². The standard InChI is InChI=1S/C14H21FN2O/c1-16-8-11-3-4-14(15)12(7-11)9-17(2)13-5-6-18-10-13/h3-4,7,13,16H,5-6,8-10H2,1-2H3. The minimum atomic E-state index is -0.124. The van der Waals surface area contributed by atoms with Crippen molar-refractivity contribution in [3.8, 4) is 0 Å². The SMILES string of the molecule is CNCc1ccc(F)c(CN(C)C2CCOC2)c1. The van der Waals surface area contributed by atoms with E-state index >= 15 is 0 Å². The van der Waals surface area contributed by atoms with Gasteiger partial charge in [0, 0.05) is 31.3 Å². The first-order valence-corrected chi connectivity index (χ1v) is 6.40. The van der Waals surface area contributed by atoms with E-state index in [-0.39, 0.29) is 5.82 Å². The zero-order valence-corrected chi connectivity index (χ0v) is 11.1. The molecule has 0 saturated carbocycles. The number of hydrogen-bond donors (Lipinski definition) is 1. The summed E-state index contributed by atoms with van der Waals surface area (Å²) in [5, 5.41) is 3.08. The van der Waals surface area contributed by atoms with Crippen LogP contribution < -0.4 is 5.32 Å². The zero-order valence-electron chi connectivity index (χ0n) is 11.1. The average molecular weight is 252 g/mol. The van der Waals surface area contributed by atoms with Crippen LogP contribution in [0.2, 0.25) is 0 Å².